The Balaban J connectivity index is 1.76. The maximum atomic E-state index is 12.3. The number of fused-ring (bicyclic) bond motifs is 2. The summed E-state index contributed by atoms with van der Waals surface area (Å²) in [6.45, 7) is 1.71. The molecule has 2 unspecified atom stereocenters. The maximum absolute atomic E-state index is 12.3. The Morgan fingerprint density at radius 3 is 3.19 bits per heavy atom. The molecule has 0 aliphatic carbocycles. The van der Waals surface area contributed by atoms with E-state index in [4.69, 9.17) is 11.6 Å². The van der Waals surface area contributed by atoms with Crippen molar-refractivity contribution >= 4 is 34.4 Å². The first-order valence-electron chi connectivity index (χ1n) is 6.95. The first-order valence-corrected chi connectivity index (χ1v) is 7.33. The van der Waals surface area contributed by atoms with Gasteiger partial charge in [-0.1, -0.05) is 11.6 Å². The molecule has 2 atom stereocenters. The van der Waals surface area contributed by atoms with Gasteiger partial charge in [-0.3, -0.25) is 4.90 Å². The minimum Gasteiger partial charge on any atom is -0.332 e. The highest BCUT2D eigenvalue weighted by molar-refractivity contribution is 6.30. The second-order valence-corrected chi connectivity index (χ2v) is 5.74. The van der Waals surface area contributed by atoms with Gasteiger partial charge in [0.1, 0.15) is 11.0 Å². The lowest BCUT2D eigenvalue weighted by molar-refractivity contribution is 0.250. The van der Waals surface area contributed by atoms with Crippen LogP contribution in [0.4, 0.5) is 10.6 Å². The molecule has 0 spiro atoms. The van der Waals surface area contributed by atoms with E-state index in [0.717, 1.165) is 30.4 Å². The number of halogens is 1. The molecule has 2 aromatic rings. The van der Waals surface area contributed by atoms with Crippen LogP contribution in [-0.2, 0) is 0 Å². The molecule has 4 rings (SSSR count). The van der Waals surface area contributed by atoms with Crippen LogP contribution >= 0.6 is 11.6 Å². The minimum atomic E-state index is -0.0827. The van der Waals surface area contributed by atoms with E-state index < -0.39 is 0 Å². The highest BCUT2D eigenvalue weighted by Crippen LogP contribution is 2.27. The molecule has 0 saturated carbocycles. The second kappa shape index (κ2) is 4.82. The summed E-state index contributed by atoms with van der Waals surface area (Å²) in [5.74, 6) is 0.664. The number of carbonyl (C=O) groups excluding carboxylic acids is 1. The van der Waals surface area contributed by atoms with Crippen LogP contribution in [0.3, 0.4) is 0 Å². The summed E-state index contributed by atoms with van der Waals surface area (Å²) in [5, 5.41) is 7.62. The molecule has 108 valence electrons. The molecular weight excluding hydrogens is 290 g/mol. The van der Waals surface area contributed by atoms with Gasteiger partial charge < -0.3 is 10.6 Å². The molecule has 2 saturated heterocycles. The van der Waals surface area contributed by atoms with Gasteiger partial charge in [-0.05, 0) is 25.1 Å². The van der Waals surface area contributed by atoms with Gasteiger partial charge in [-0.25, -0.2) is 14.8 Å². The standard InChI is InChI=1S/C14H14ClN5O/c15-12-5-9-8(6-17-12)1-2-13(18-9)20-11-3-4-16-7-10(11)19-14(20)21/h1-2,5-6,10-11,16H,3-4,7H2,(H,19,21). The van der Waals surface area contributed by atoms with E-state index in [9.17, 15) is 4.79 Å². The van der Waals surface area contributed by atoms with E-state index in [1.807, 2.05) is 12.1 Å². The molecule has 2 aromatic heterocycles. The number of pyridine rings is 2. The van der Waals surface area contributed by atoms with Crippen molar-refractivity contribution in [2.24, 2.45) is 0 Å². The normalized spacial score (nSPS) is 25.0. The highest BCUT2D eigenvalue weighted by Gasteiger charge is 2.41. The maximum Gasteiger partial charge on any atom is 0.323 e. The number of hydrogen-bond acceptors (Lipinski definition) is 4. The average molecular weight is 304 g/mol. The van der Waals surface area contributed by atoms with E-state index in [2.05, 4.69) is 20.6 Å². The third-order valence-corrected chi connectivity index (χ3v) is 4.28. The van der Waals surface area contributed by atoms with E-state index in [-0.39, 0.29) is 18.1 Å². The number of nitrogens with one attached hydrogen (secondary N) is 2. The fraction of sp³-hybridized carbons (Fsp3) is 0.357. The van der Waals surface area contributed by atoms with Crippen molar-refractivity contribution < 1.29 is 4.79 Å². The highest BCUT2D eigenvalue weighted by atomic mass is 35.5. The molecule has 2 amide bonds. The number of rotatable bonds is 1. The van der Waals surface area contributed by atoms with Gasteiger partial charge in [0.15, 0.2) is 0 Å². The molecule has 2 aliphatic heterocycles. The number of piperidine rings is 1. The number of anilines is 1. The van der Waals surface area contributed by atoms with Crippen LogP contribution in [0, 0.1) is 0 Å². The second-order valence-electron chi connectivity index (χ2n) is 5.36. The smallest absolute Gasteiger partial charge is 0.323 e. The van der Waals surface area contributed by atoms with Gasteiger partial charge in [-0.15, -0.1) is 0 Å². The van der Waals surface area contributed by atoms with E-state index >= 15 is 0 Å². The summed E-state index contributed by atoms with van der Waals surface area (Å²) in [4.78, 5) is 22.6. The van der Waals surface area contributed by atoms with E-state index in [1.165, 1.54) is 0 Å². The van der Waals surface area contributed by atoms with Crippen molar-refractivity contribution in [2.45, 2.75) is 18.5 Å². The van der Waals surface area contributed by atoms with Crippen LogP contribution in [0.25, 0.3) is 10.9 Å². The largest absolute Gasteiger partial charge is 0.332 e. The minimum absolute atomic E-state index is 0.0827. The monoisotopic (exact) mass is 303 g/mol. The summed E-state index contributed by atoms with van der Waals surface area (Å²) in [6.07, 6.45) is 2.60. The molecule has 6 nitrogen and oxygen atoms in total. The predicted molar refractivity (Wildman–Crippen MR) is 80.6 cm³/mol. The van der Waals surface area contributed by atoms with Crippen LogP contribution < -0.4 is 15.5 Å². The van der Waals surface area contributed by atoms with Gasteiger partial charge in [0.2, 0.25) is 0 Å². The molecule has 4 heterocycles. The fourth-order valence-electron chi connectivity index (χ4n) is 3.07. The Hall–Kier alpha value is -1.92. The number of carbonyl (C=O) groups is 1. The Morgan fingerprint density at radius 1 is 1.38 bits per heavy atom. The van der Waals surface area contributed by atoms with Gasteiger partial charge in [0, 0.05) is 24.2 Å². The zero-order chi connectivity index (χ0) is 14.4. The number of amides is 2. The summed E-state index contributed by atoms with van der Waals surface area (Å²) in [6, 6.07) is 5.71. The Kier molecular flexibility index (Phi) is 2.94. The number of aromatic nitrogens is 2. The Bertz CT molecular complexity index is 722. The SMILES string of the molecule is O=C1NC2CNCCC2N1c1ccc2cnc(Cl)cc2n1. The fourth-order valence-corrected chi connectivity index (χ4v) is 3.22. The predicted octanol–water partition coefficient (Wildman–Crippen LogP) is 1.54. The molecule has 7 heteroatoms. The van der Waals surface area contributed by atoms with Crippen LogP contribution in [-0.4, -0.2) is 41.2 Å². The molecule has 21 heavy (non-hydrogen) atoms. The lowest BCUT2D eigenvalue weighted by Gasteiger charge is -2.29. The quantitative estimate of drug-likeness (QED) is 0.784. The summed E-state index contributed by atoms with van der Waals surface area (Å²) < 4.78 is 0. The summed E-state index contributed by atoms with van der Waals surface area (Å²) in [5.41, 5.74) is 0.748. The van der Waals surface area contributed by atoms with Crippen molar-refractivity contribution in [3.63, 3.8) is 0 Å². The summed E-state index contributed by atoms with van der Waals surface area (Å²) in [7, 11) is 0. The van der Waals surface area contributed by atoms with Crippen molar-refractivity contribution in [3.8, 4) is 0 Å². The number of urea groups is 1. The third-order valence-electron chi connectivity index (χ3n) is 4.08. The van der Waals surface area contributed by atoms with Crippen molar-refractivity contribution in [1.82, 2.24) is 20.6 Å². The Morgan fingerprint density at radius 2 is 2.29 bits per heavy atom. The third kappa shape index (κ3) is 2.11. The van der Waals surface area contributed by atoms with Gasteiger partial charge in [0.05, 0.1) is 17.6 Å². The van der Waals surface area contributed by atoms with Crippen LogP contribution in [0.1, 0.15) is 6.42 Å². The van der Waals surface area contributed by atoms with Crippen LogP contribution in [0.15, 0.2) is 24.4 Å². The average Bonchev–Trinajstić information content (AvgIpc) is 2.82. The first-order chi connectivity index (χ1) is 10.2. The van der Waals surface area contributed by atoms with Gasteiger partial charge in [0.25, 0.3) is 0 Å². The van der Waals surface area contributed by atoms with Crippen LogP contribution in [0.2, 0.25) is 5.15 Å². The molecule has 0 radical (unpaired) electrons. The van der Waals surface area contributed by atoms with Gasteiger partial charge in [-0.2, -0.15) is 0 Å². The molecule has 2 aliphatic rings. The lowest BCUT2D eigenvalue weighted by atomic mass is 10.0. The molecule has 0 bridgehead atoms. The van der Waals surface area contributed by atoms with Crippen molar-refractivity contribution in [3.05, 3.63) is 29.5 Å². The van der Waals surface area contributed by atoms with Gasteiger partial charge >= 0.3 is 6.03 Å². The molecule has 0 aromatic carbocycles. The number of nitrogens with zero attached hydrogens (tertiary/aromatic N) is 3. The molecular formula is C14H14ClN5O. The van der Waals surface area contributed by atoms with Crippen LogP contribution in [0.5, 0.6) is 0 Å². The van der Waals surface area contributed by atoms with E-state index in [0.29, 0.717) is 11.0 Å². The summed E-state index contributed by atoms with van der Waals surface area (Å²) >= 11 is 5.92. The van der Waals surface area contributed by atoms with Crippen molar-refractivity contribution in [1.29, 1.82) is 0 Å². The zero-order valence-electron chi connectivity index (χ0n) is 11.2. The Labute approximate surface area is 126 Å². The molecule has 2 fully saturated rings. The first kappa shape index (κ1) is 12.8. The topological polar surface area (TPSA) is 70.2 Å². The van der Waals surface area contributed by atoms with Crippen molar-refractivity contribution in [2.75, 3.05) is 18.0 Å². The van der Waals surface area contributed by atoms with E-state index in [1.54, 1.807) is 17.2 Å². The number of hydrogen-bond donors (Lipinski definition) is 2. The molecule has 2 N–H and O–H groups in total. The zero-order valence-corrected chi connectivity index (χ0v) is 12.0. The lowest BCUT2D eigenvalue weighted by Crippen LogP contribution is -2.49.